The van der Waals surface area contributed by atoms with Crippen LogP contribution < -0.4 is 16.4 Å². The Hall–Kier alpha value is -2.83. The average Bonchev–Trinajstić information content (AvgIpc) is 2.70. The van der Waals surface area contributed by atoms with Crippen LogP contribution in [0.25, 0.3) is 11.1 Å². The molecule has 4 N–H and O–H groups in total. The van der Waals surface area contributed by atoms with Crippen LogP contribution in [0, 0.1) is 0 Å². The average molecular weight is 383 g/mol. The number of hydrogen-bond donors (Lipinski definition) is 2. The molecular formula is C21H29N5O2. The third kappa shape index (κ3) is 4.35. The predicted octanol–water partition coefficient (Wildman–Crippen LogP) is 2.97. The van der Waals surface area contributed by atoms with Crippen LogP contribution >= 0.6 is 0 Å². The van der Waals surface area contributed by atoms with E-state index in [-0.39, 0.29) is 11.9 Å². The molecule has 0 saturated carbocycles. The minimum atomic E-state index is -0.146. The number of methoxy groups -OCH3 is 1. The van der Waals surface area contributed by atoms with Gasteiger partial charge in [0.1, 0.15) is 5.82 Å². The highest BCUT2D eigenvalue weighted by atomic mass is 16.5. The Bertz CT molecular complexity index is 853. The molecule has 1 aliphatic heterocycles. The first kappa shape index (κ1) is 19.9. The van der Waals surface area contributed by atoms with Gasteiger partial charge in [-0.05, 0) is 49.3 Å². The molecule has 0 unspecified atom stereocenters. The van der Waals surface area contributed by atoms with Gasteiger partial charge in [0.25, 0.3) is 0 Å². The van der Waals surface area contributed by atoms with Gasteiger partial charge >= 0.3 is 5.97 Å². The number of esters is 1. The first-order valence-corrected chi connectivity index (χ1v) is 9.90. The largest absolute Gasteiger partial charge is 0.469 e. The third-order valence-corrected chi connectivity index (χ3v) is 5.24. The molecule has 0 aliphatic carbocycles. The smallest absolute Gasteiger partial charge is 0.305 e. The molecular weight excluding hydrogens is 354 g/mol. The Kier molecular flexibility index (Phi) is 6.34. The number of unbranched alkanes of at least 4 members (excludes halogenated alkanes) is 1. The molecule has 1 aromatic heterocycles. The first-order chi connectivity index (χ1) is 13.5. The summed E-state index contributed by atoms with van der Waals surface area (Å²) in [5, 5.41) is 0. The van der Waals surface area contributed by atoms with E-state index in [2.05, 4.69) is 33.1 Å². The van der Waals surface area contributed by atoms with Crippen LogP contribution in [0.15, 0.2) is 18.2 Å². The van der Waals surface area contributed by atoms with Crippen molar-refractivity contribution in [3.05, 3.63) is 29.5 Å². The van der Waals surface area contributed by atoms with Crippen molar-refractivity contribution in [3.8, 4) is 11.1 Å². The summed E-state index contributed by atoms with van der Waals surface area (Å²) in [4.78, 5) is 22.2. The van der Waals surface area contributed by atoms with E-state index in [4.69, 9.17) is 16.2 Å². The highest BCUT2D eigenvalue weighted by Gasteiger charge is 2.20. The summed E-state index contributed by atoms with van der Waals surface area (Å²) in [6.45, 7) is 3.97. The fraction of sp³-hybridized carbons (Fsp3) is 0.476. The molecule has 0 bridgehead atoms. The third-order valence-electron chi connectivity index (χ3n) is 5.24. The van der Waals surface area contributed by atoms with Gasteiger partial charge < -0.3 is 21.1 Å². The molecule has 0 saturated heterocycles. The quantitative estimate of drug-likeness (QED) is 0.559. The molecule has 3 rings (SSSR count). The van der Waals surface area contributed by atoms with Crippen LogP contribution in [0.5, 0.6) is 0 Å². The van der Waals surface area contributed by atoms with E-state index in [1.807, 2.05) is 6.92 Å². The van der Waals surface area contributed by atoms with Crippen LogP contribution in [0.3, 0.4) is 0 Å². The Morgan fingerprint density at radius 3 is 2.82 bits per heavy atom. The standard InChI is InChI=1S/C21H29N5O2/c1-3-16-19(20(22)25-21(23)24-16)15-10-9-14-7-6-12-26(17(14)13-15)11-5-4-8-18(27)28-2/h9-10,13H,3-8,11-12H2,1-2H3,(H4,22,23,24,25). The fourth-order valence-corrected chi connectivity index (χ4v) is 3.83. The summed E-state index contributed by atoms with van der Waals surface area (Å²) < 4.78 is 4.72. The van der Waals surface area contributed by atoms with E-state index in [1.54, 1.807) is 0 Å². The van der Waals surface area contributed by atoms with Crippen molar-refractivity contribution < 1.29 is 9.53 Å². The number of fused-ring (bicyclic) bond motifs is 1. The predicted molar refractivity (Wildman–Crippen MR) is 112 cm³/mol. The van der Waals surface area contributed by atoms with Gasteiger partial charge in [0.2, 0.25) is 5.95 Å². The minimum absolute atomic E-state index is 0.146. The lowest BCUT2D eigenvalue weighted by molar-refractivity contribution is -0.140. The maximum absolute atomic E-state index is 11.3. The van der Waals surface area contributed by atoms with Gasteiger partial charge in [0, 0.05) is 30.8 Å². The molecule has 1 aromatic carbocycles. The molecule has 2 heterocycles. The number of carbonyl (C=O) groups excluding carboxylic acids is 1. The summed E-state index contributed by atoms with van der Waals surface area (Å²) in [7, 11) is 1.43. The van der Waals surface area contributed by atoms with Crippen molar-refractivity contribution >= 4 is 23.4 Å². The van der Waals surface area contributed by atoms with Crippen molar-refractivity contribution in [1.29, 1.82) is 0 Å². The second kappa shape index (κ2) is 8.91. The van der Waals surface area contributed by atoms with Crippen LogP contribution in [0.4, 0.5) is 17.5 Å². The highest BCUT2D eigenvalue weighted by Crippen LogP contribution is 2.35. The van der Waals surface area contributed by atoms with Gasteiger partial charge in [-0.15, -0.1) is 0 Å². The second-order valence-electron chi connectivity index (χ2n) is 7.11. The fourth-order valence-electron chi connectivity index (χ4n) is 3.83. The lowest BCUT2D eigenvalue weighted by Gasteiger charge is -2.32. The lowest BCUT2D eigenvalue weighted by atomic mass is 9.95. The van der Waals surface area contributed by atoms with E-state index in [0.29, 0.717) is 12.2 Å². The lowest BCUT2D eigenvalue weighted by Crippen LogP contribution is -2.30. The first-order valence-electron chi connectivity index (χ1n) is 9.90. The molecule has 0 radical (unpaired) electrons. The summed E-state index contributed by atoms with van der Waals surface area (Å²) in [5.74, 6) is 0.486. The van der Waals surface area contributed by atoms with Crippen molar-refractivity contribution in [3.63, 3.8) is 0 Å². The van der Waals surface area contributed by atoms with Crippen molar-refractivity contribution in [2.24, 2.45) is 0 Å². The monoisotopic (exact) mass is 383 g/mol. The topological polar surface area (TPSA) is 107 Å². The number of nitrogens with zero attached hydrogens (tertiary/aromatic N) is 3. The number of ether oxygens (including phenoxy) is 1. The van der Waals surface area contributed by atoms with Gasteiger partial charge in [0.05, 0.1) is 12.8 Å². The van der Waals surface area contributed by atoms with Crippen molar-refractivity contribution in [2.45, 2.75) is 45.4 Å². The number of rotatable bonds is 7. The molecule has 2 aromatic rings. The number of benzene rings is 1. The maximum atomic E-state index is 11.3. The Morgan fingerprint density at radius 2 is 2.07 bits per heavy atom. The number of nitrogen functional groups attached to an aromatic ring is 2. The molecule has 0 amide bonds. The number of aryl methyl sites for hydroxylation is 2. The van der Waals surface area contributed by atoms with Gasteiger partial charge in [-0.2, -0.15) is 4.98 Å². The second-order valence-corrected chi connectivity index (χ2v) is 7.11. The van der Waals surface area contributed by atoms with E-state index < -0.39 is 0 Å². The normalized spacial score (nSPS) is 13.3. The summed E-state index contributed by atoms with van der Waals surface area (Å²) in [5.41, 5.74) is 17.3. The molecule has 7 nitrogen and oxygen atoms in total. The highest BCUT2D eigenvalue weighted by molar-refractivity contribution is 5.80. The minimum Gasteiger partial charge on any atom is -0.469 e. The summed E-state index contributed by atoms with van der Waals surface area (Å²) in [6.07, 6.45) is 5.19. The van der Waals surface area contributed by atoms with Crippen LogP contribution in [-0.4, -0.2) is 36.1 Å². The number of anilines is 3. The Balaban J connectivity index is 1.84. The van der Waals surface area contributed by atoms with Gasteiger partial charge in [-0.1, -0.05) is 19.1 Å². The van der Waals surface area contributed by atoms with E-state index in [0.717, 1.165) is 62.0 Å². The molecule has 0 fully saturated rings. The van der Waals surface area contributed by atoms with Gasteiger partial charge in [-0.25, -0.2) is 4.98 Å². The maximum Gasteiger partial charge on any atom is 0.305 e. The van der Waals surface area contributed by atoms with Crippen molar-refractivity contribution in [1.82, 2.24) is 9.97 Å². The number of nitrogens with two attached hydrogens (primary N) is 2. The SMILES string of the molecule is CCc1nc(N)nc(N)c1-c1ccc2c(c1)N(CCCCC(=O)OC)CCC2. The molecule has 1 aliphatic rings. The Labute approximate surface area is 166 Å². The zero-order chi connectivity index (χ0) is 20.1. The molecule has 0 spiro atoms. The molecule has 150 valence electrons. The van der Waals surface area contributed by atoms with Crippen LogP contribution in [-0.2, 0) is 22.4 Å². The van der Waals surface area contributed by atoms with E-state index in [1.165, 1.54) is 18.4 Å². The van der Waals surface area contributed by atoms with Gasteiger partial charge in [-0.3, -0.25) is 4.79 Å². The number of aromatic nitrogens is 2. The Morgan fingerprint density at radius 1 is 1.25 bits per heavy atom. The zero-order valence-electron chi connectivity index (χ0n) is 16.7. The zero-order valence-corrected chi connectivity index (χ0v) is 16.7. The number of carbonyl (C=O) groups is 1. The summed E-state index contributed by atoms with van der Waals surface area (Å²) in [6, 6.07) is 6.48. The van der Waals surface area contributed by atoms with Crippen molar-refractivity contribution in [2.75, 3.05) is 36.6 Å². The number of hydrogen-bond acceptors (Lipinski definition) is 7. The van der Waals surface area contributed by atoms with Crippen LogP contribution in [0.2, 0.25) is 0 Å². The van der Waals surface area contributed by atoms with E-state index in [9.17, 15) is 4.79 Å². The molecule has 28 heavy (non-hydrogen) atoms. The van der Waals surface area contributed by atoms with Crippen LogP contribution in [0.1, 0.15) is 43.9 Å². The molecule has 0 atom stereocenters. The summed E-state index contributed by atoms with van der Waals surface area (Å²) >= 11 is 0. The van der Waals surface area contributed by atoms with E-state index >= 15 is 0 Å². The van der Waals surface area contributed by atoms with Gasteiger partial charge in [0.15, 0.2) is 0 Å². The molecule has 7 heteroatoms.